The van der Waals surface area contributed by atoms with Crippen LogP contribution in [0.4, 0.5) is 0 Å². The monoisotopic (exact) mass is 392 g/mol. The van der Waals surface area contributed by atoms with Crippen LogP contribution < -0.4 is 19.5 Å². The smallest absolute Gasteiger partial charge is 0.251 e. The van der Waals surface area contributed by atoms with Crippen LogP contribution in [0.2, 0.25) is 0 Å². The number of nitrogens with one attached hydrogen (secondary N) is 2. The maximum atomic E-state index is 12.4. The molecular weight excluding hydrogens is 368 g/mol. The van der Waals surface area contributed by atoms with Gasteiger partial charge in [-0.2, -0.15) is 0 Å². The van der Waals surface area contributed by atoms with Gasteiger partial charge in [0, 0.05) is 18.7 Å². The van der Waals surface area contributed by atoms with Gasteiger partial charge in [0.15, 0.2) is 0 Å². The molecule has 0 spiro atoms. The van der Waals surface area contributed by atoms with Crippen molar-refractivity contribution in [2.75, 3.05) is 26.8 Å². The minimum atomic E-state index is -3.73. The van der Waals surface area contributed by atoms with Crippen LogP contribution in [-0.2, 0) is 10.0 Å². The van der Waals surface area contributed by atoms with Crippen LogP contribution >= 0.6 is 0 Å². The van der Waals surface area contributed by atoms with E-state index in [0.29, 0.717) is 23.6 Å². The Hall–Kier alpha value is -2.58. The first-order chi connectivity index (χ1) is 13.0. The lowest BCUT2D eigenvalue weighted by molar-refractivity contribution is 0.0953. The minimum absolute atomic E-state index is 0.0381. The zero-order chi connectivity index (χ0) is 19.7. The lowest BCUT2D eigenvalue weighted by atomic mass is 10.2. The van der Waals surface area contributed by atoms with Gasteiger partial charge in [-0.15, -0.1) is 0 Å². The summed E-state index contributed by atoms with van der Waals surface area (Å²) >= 11 is 0. The Labute approximate surface area is 159 Å². The molecule has 1 amide bonds. The Morgan fingerprint density at radius 3 is 2.41 bits per heavy atom. The van der Waals surface area contributed by atoms with Crippen molar-refractivity contribution in [1.82, 2.24) is 10.0 Å². The van der Waals surface area contributed by atoms with E-state index in [2.05, 4.69) is 10.0 Å². The highest BCUT2D eigenvalue weighted by Crippen LogP contribution is 2.17. The molecule has 2 N–H and O–H groups in total. The summed E-state index contributed by atoms with van der Waals surface area (Å²) in [6, 6.07) is 12.9. The third-order valence-electron chi connectivity index (χ3n) is 3.66. The van der Waals surface area contributed by atoms with Gasteiger partial charge in [-0.05, 0) is 48.9 Å². The second-order valence-corrected chi connectivity index (χ2v) is 7.47. The number of hydrogen-bond acceptors (Lipinski definition) is 5. The number of sulfonamides is 1. The van der Waals surface area contributed by atoms with Crippen molar-refractivity contribution >= 4 is 15.9 Å². The van der Waals surface area contributed by atoms with Crippen LogP contribution in [0.15, 0.2) is 53.4 Å². The van der Waals surface area contributed by atoms with Gasteiger partial charge in [0.25, 0.3) is 5.91 Å². The van der Waals surface area contributed by atoms with Crippen LogP contribution in [0.5, 0.6) is 11.5 Å². The average Bonchev–Trinajstić information content (AvgIpc) is 2.70. The molecule has 0 aromatic heterocycles. The first-order valence-corrected chi connectivity index (χ1v) is 10.1. The van der Waals surface area contributed by atoms with Gasteiger partial charge in [0.05, 0.1) is 12.0 Å². The molecule has 8 heteroatoms. The SMILES string of the molecule is CCCNC(=O)c1cccc(S(=O)(=O)NCCOc2ccc(OC)cc2)c1. The summed E-state index contributed by atoms with van der Waals surface area (Å²) < 4.78 is 37.8. The van der Waals surface area contributed by atoms with Gasteiger partial charge >= 0.3 is 0 Å². The summed E-state index contributed by atoms with van der Waals surface area (Å²) in [6.45, 7) is 2.75. The Kier molecular flexibility index (Phi) is 7.63. The summed E-state index contributed by atoms with van der Waals surface area (Å²) in [4.78, 5) is 12.0. The molecule has 0 bridgehead atoms. The molecule has 0 saturated heterocycles. The molecule has 146 valence electrons. The van der Waals surface area contributed by atoms with Crippen molar-refractivity contribution in [3.63, 3.8) is 0 Å². The molecule has 2 rings (SSSR count). The Morgan fingerprint density at radius 2 is 1.74 bits per heavy atom. The van der Waals surface area contributed by atoms with Crippen LogP contribution in [0, 0.1) is 0 Å². The Balaban J connectivity index is 1.90. The average molecular weight is 392 g/mol. The number of carbonyl (C=O) groups excluding carboxylic acids is 1. The van der Waals surface area contributed by atoms with Crippen molar-refractivity contribution < 1.29 is 22.7 Å². The van der Waals surface area contributed by atoms with Crippen LogP contribution in [0.3, 0.4) is 0 Å². The molecule has 0 unspecified atom stereocenters. The molecule has 2 aromatic rings. The van der Waals surface area contributed by atoms with E-state index in [0.717, 1.165) is 6.42 Å². The predicted molar refractivity (Wildman–Crippen MR) is 103 cm³/mol. The predicted octanol–water partition coefficient (Wildman–Crippen LogP) is 2.19. The summed E-state index contributed by atoms with van der Waals surface area (Å²) in [5.74, 6) is 1.03. The van der Waals surface area contributed by atoms with Gasteiger partial charge in [-0.3, -0.25) is 4.79 Å². The molecule has 0 saturated carbocycles. The standard InChI is InChI=1S/C19H24N2O5S/c1-3-11-20-19(22)15-5-4-6-18(14-15)27(23,24)21-12-13-26-17-9-7-16(25-2)8-10-17/h4-10,14,21H,3,11-13H2,1-2H3,(H,20,22). The zero-order valence-electron chi connectivity index (χ0n) is 15.4. The summed E-state index contributed by atoms with van der Waals surface area (Å²) in [5, 5.41) is 2.72. The number of ether oxygens (including phenoxy) is 2. The Bertz CT molecular complexity index is 851. The number of amides is 1. The molecule has 0 atom stereocenters. The van der Waals surface area contributed by atoms with Crippen LogP contribution in [0.25, 0.3) is 0 Å². The number of benzene rings is 2. The fourth-order valence-corrected chi connectivity index (χ4v) is 3.30. The van der Waals surface area contributed by atoms with E-state index in [9.17, 15) is 13.2 Å². The quantitative estimate of drug-likeness (QED) is 0.605. The molecule has 0 aliphatic rings. The molecule has 0 fully saturated rings. The molecule has 0 aliphatic heterocycles. The molecule has 0 heterocycles. The number of hydrogen-bond donors (Lipinski definition) is 2. The Morgan fingerprint density at radius 1 is 1.04 bits per heavy atom. The van der Waals surface area contributed by atoms with Gasteiger partial charge in [0.2, 0.25) is 10.0 Å². The summed E-state index contributed by atoms with van der Waals surface area (Å²) in [5.41, 5.74) is 0.306. The summed E-state index contributed by atoms with van der Waals surface area (Å²) in [7, 11) is -2.16. The highest BCUT2D eigenvalue weighted by molar-refractivity contribution is 7.89. The topological polar surface area (TPSA) is 93.7 Å². The first-order valence-electron chi connectivity index (χ1n) is 8.61. The molecule has 27 heavy (non-hydrogen) atoms. The highest BCUT2D eigenvalue weighted by Gasteiger charge is 2.15. The number of rotatable bonds is 10. The van der Waals surface area contributed by atoms with Gasteiger partial charge < -0.3 is 14.8 Å². The third-order valence-corrected chi connectivity index (χ3v) is 5.12. The van der Waals surface area contributed by atoms with Crippen molar-refractivity contribution in [2.24, 2.45) is 0 Å². The zero-order valence-corrected chi connectivity index (χ0v) is 16.2. The van der Waals surface area contributed by atoms with Crippen molar-refractivity contribution in [3.05, 3.63) is 54.1 Å². The third kappa shape index (κ3) is 6.26. The van der Waals surface area contributed by atoms with E-state index >= 15 is 0 Å². The lowest BCUT2D eigenvalue weighted by Gasteiger charge is -2.10. The van der Waals surface area contributed by atoms with Crippen LogP contribution in [-0.4, -0.2) is 41.1 Å². The van der Waals surface area contributed by atoms with Gasteiger partial charge in [-0.1, -0.05) is 13.0 Å². The lowest BCUT2D eigenvalue weighted by Crippen LogP contribution is -2.29. The second-order valence-electron chi connectivity index (χ2n) is 5.71. The van der Waals surface area contributed by atoms with Crippen molar-refractivity contribution in [1.29, 1.82) is 0 Å². The first kappa shape index (κ1) is 20.7. The van der Waals surface area contributed by atoms with Crippen molar-refractivity contribution in [3.8, 4) is 11.5 Å². The number of carbonyl (C=O) groups is 1. The van der Waals surface area contributed by atoms with E-state index < -0.39 is 10.0 Å². The molecular formula is C19H24N2O5S. The minimum Gasteiger partial charge on any atom is -0.497 e. The largest absolute Gasteiger partial charge is 0.497 e. The second kappa shape index (κ2) is 9.94. The van der Waals surface area contributed by atoms with Gasteiger partial charge in [0.1, 0.15) is 18.1 Å². The number of methoxy groups -OCH3 is 1. The molecule has 0 aliphatic carbocycles. The maximum absolute atomic E-state index is 12.4. The van der Waals surface area contributed by atoms with E-state index in [1.165, 1.54) is 12.1 Å². The molecule has 0 radical (unpaired) electrons. The van der Waals surface area contributed by atoms with E-state index in [4.69, 9.17) is 9.47 Å². The fourth-order valence-electron chi connectivity index (χ4n) is 2.25. The van der Waals surface area contributed by atoms with Crippen molar-refractivity contribution in [2.45, 2.75) is 18.2 Å². The normalized spacial score (nSPS) is 11.0. The highest BCUT2D eigenvalue weighted by atomic mass is 32.2. The molecule has 7 nitrogen and oxygen atoms in total. The van der Waals surface area contributed by atoms with E-state index in [-0.39, 0.29) is 24.0 Å². The maximum Gasteiger partial charge on any atom is 0.251 e. The molecule has 2 aromatic carbocycles. The summed E-state index contributed by atoms with van der Waals surface area (Å²) in [6.07, 6.45) is 0.805. The fraction of sp³-hybridized carbons (Fsp3) is 0.316. The van der Waals surface area contributed by atoms with E-state index in [1.807, 2.05) is 6.92 Å². The van der Waals surface area contributed by atoms with E-state index in [1.54, 1.807) is 43.5 Å². The van der Waals surface area contributed by atoms with Crippen LogP contribution in [0.1, 0.15) is 23.7 Å². The van der Waals surface area contributed by atoms with Gasteiger partial charge in [-0.25, -0.2) is 13.1 Å².